The van der Waals surface area contributed by atoms with E-state index >= 15 is 0 Å². The minimum Gasteiger partial charge on any atom is -0.467 e. The number of fused-ring (bicyclic) bond motifs is 1. The molecule has 0 N–H and O–H groups in total. The highest BCUT2D eigenvalue weighted by molar-refractivity contribution is 8.00. The maximum absolute atomic E-state index is 13.0. The summed E-state index contributed by atoms with van der Waals surface area (Å²) in [6, 6.07) is 19.4. The molecule has 3 heterocycles. The van der Waals surface area contributed by atoms with Gasteiger partial charge in [-0.1, -0.05) is 30.3 Å². The van der Waals surface area contributed by atoms with Gasteiger partial charge in [-0.3, -0.25) is 9.59 Å². The van der Waals surface area contributed by atoms with Crippen LogP contribution in [-0.4, -0.2) is 29.0 Å². The van der Waals surface area contributed by atoms with Crippen LogP contribution in [0.1, 0.15) is 32.6 Å². The summed E-state index contributed by atoms with van der Waals surface area (Å²) in [6.45, 7) is 1.17. The summed E-state index contributed by atoms with van der Waals surface area (Å²) in [4.78, 5) is 29.0. The molecular weight excluding hydrogens is 384 g/mol. The normalized spacial score (nSPS) is 18.3. The average Bonchev–Trinajstić information content (AvgIpc) is 3.49. The van der Waals surface area contributed by atoms with Gasteiger partial charge >= 0.3 is 0 Å². The number of anilines is 1. The Morgan fingerprint density at radius 3 is 2.69 bits per heavy atom. The number of amides is 2. The summed E-state index contributed by atoms with van der Waals surface area (Å²) in [6.07, 6.45) is 2.51. The van der Waals surface area contributed by atoms with E-state index < -0.39 is 0 Å². The number of thioether (sulfide) groups is 1. The van der Waals surface area contributed by atoms with Crippen molar-refractivity contribution in [1.29, 1.82) is 0 Å². The van der Waals surface area contributed by atoms with Gasteiger partial charge in [0.1, 0.15) is 11.1 Å². The van der Waals surface area contributed by atoms with Crippen LogP contribution < -0.4 is 4.90 Å². The van der Waals surface area contributed by atoms with Crippen molar-refractivity contribution < 1.29 is 14.0 Å². The zero-order valence-corrected chi connectivity index (χ0v) is 16.6. The van der Waals surface area contributed by atoms with Gasteiger partial charge in [0.2, 0.25) is 5.91 Å². The Balaban J connectivity index is 1.35. The fourth-order valence-electron chi connectivity index (χ4n) is 3.97. The molecule has 2 aliphatic heterocycles. The lowest BCUT2D eigenvalue weighted by molar-refractivity contribution is -0.128. The number of hydrogen-bond acceptors (Lipinski definition) is 4. The Hall–Kier alpha value is -2.99. The van der Waals surface area contributed by atoms with Crippen molar-refractivity contribution in [3.8, 4) is 0 Å². The van der Waals surface area contributed by atoms with Crippen LogP contribution in [0.15, 0.2) is 71.3 Å². The minimum atomic E-state index is -0.0655. The first-order valence-corrected chi connectivity index (χ1v) is 10.7. The SMILES string of the molecule is O=C(c1ccc(C2SCC(=O)N2Cc2ccco2)cc1)N1CCc2ccccc21. The third-order valence-corrected chi connectivity index (χ3v) is 6.71. The lowest BCUT2D eigenvalue weighted by Gasteiger charge is -2.23. The molecule has 0 bridgehead atoms. The monoisotopic (exact) mass is 404 g/mol. The van der Waals surface area contributed by atoms with E-state index in [1.807, 2.05) is 64.4 Å². The molecular formula is C23H20N2O3S. The van der Waals surface area contributed by atoms with E-state index in [0.29, 0.717) is 24.4 Å². The highest BCUT2D eigenvalue weighted by Gasteiger charge is 2.33. The van der Waals surface area contributed by atoms with Crippen LogP contribution in [0.5, 0.6) is 0 Å². The molecule has 3 aromatic rings. The largest absolute Gasteiger partial charge is 0.467 e. The third kappa shape index (κ3) is 3.34. The summed E-state index contributed by atoms with van der Waals surface area (Å²) in [5, 5.41) is -0.0655. The number of para-hydroxylation sites is 1. The van der Waals surface area contributed by atoms with Gasteiger partial charge in [0, 0.05) is 17.8 Å². The second-order valence-electron chi connectivity index (χ2n) is 7.22. The standard InChI is InChI=1S/C23H20N2O3S/c26-21-15-29-23(25(21)14-19-5-3-13-28-19)18-9-7-17(8-10-18)22(27)24-12-11-16-4-1-2-6-20(16)24/h1-10,13,23H,11-12,14-15H2. The first-order valence-electron chi connectivity index (χ1n) is 9.64. The van der Waals surface area contributed by atoms with Crippen molar-refractivity contribution in [2.24, 2.45) is 0 Å². The Morgan fingerprint density at radius 1 is 1.07 bits per heavy atom. The number of rotatable bonds is 4. The van der Waals surface area contributed by atoms with Crippen molar-refractivity contribution in [2.45, 2.75) is 18.3 Å². The summed E-state index contributed by atoms with van der Waals surface area (Å²) < 4.78 is 5.41. The second-order valence-corrected chi connectivity index (χ2v) is 8.29. The van der Waals surface area contributed by atoms with E-state index in [2.05, 4.69) is 6.07 Å². The number of hydrogen-bond donors (Lipinski definition) is 0. The number of nitrogens with zero attached hydrogens (tertiary/aromatic N) is 2. The first kappa shape index (κ1) is 18.1. The fraction of sp³-hybridized carbons (Fsp3) is 0.217. The zero-order chi connectivity index (χ0) is 19.8. The smallest absolute Gasteiger partial charge is 0.258 e. The van der Waals surface area contributed by atoms with E-state index in [1.54, 1.807) is 18.0 Å². The Morgan fingerprint density at radius 2 is 1.90 bits per heavy atom. The lowest BCUT2D eigenvalue weighted by atomic mass is 10.1. The van der Waals surface area contributed by atoms with E-state index in [4.69, 9.17) is 4.42 Å². The van der Waals surface area contributed by atoms with Crippen LogP contribution in [0.4, 0.5) is 5.69 Å². The Bertz CT molecular complexity index is 1050. The molecule has 2 amide bonds. The quantitative estimate of drug-likeness (QED) is 0.652. The lowest BCUT2D eigenvalue weighted by Crippen LogP contribution is -2.29. The van der Waals surface area contributed by atoms with Crippen LogP contribution >= 0.6 is 11.8 Å². The maximum atomic E-state index is 13.0. The first-order chi connectivity index (χ1) is 14.2. The van der Waals surface area contributed by atoms with E-state index in [9.17, 15) is 9.59 Å². The van der Waals surface area contributed by atoms with Crippen LogP contribution in [0, 0.1) is 0 Å². The van der Waals surface area contributed by atoms with Gasteiger partial charge in [-0.25, -0.2) is 0 Å². The van der Waals surface area contributed by atoms with Gasteiger partial charge in [0.25, 0.3) is 5.91 Å². The second kappa shape index (κ2) is 7.44. The molecule has 2 aromatic carbocycles. The van der Waals surface area contributed by atoms with Gasteiger partial charge in [-0.2, -0.15) is 0 Å². The van der Waals surface area contributed by atoms with Crippen molar-refractivity contribution in [2.75, 3.05) is 17.2 Å². The molecule has 0 radical (unpaired) electrons. The molecule has 2 aliphatic rings. The summed E-state index contributed by atoms with van der Waals surface area (Å²) in [7, 11) is 0. The molecule has 0 spiro atoms. The highest BCUT2D eigenvalue weighted by Crippen LogP contribution is 2.39. The summed E-state index contributed by atoms with van der Waals surface area (Å²) >= 11 is 1.60. The summed E-state index contributed by atoms with van der Waals surface area (Å²) in [5.74, 6) is 1.34. The molecule has 146 valence electrons. The molecule has 5 nitrogen and oxygen atoms in total. The van der Waals surface area contributed by atoms with E-state index in [1.165, 1.54) is 5.56 Å². The Kier molecular flexibility index (Phi) is 4.64. The fourth-order valence-corrected chi connectivity index (χ4v) is 5.15. The highest BCUT2D eigenvalue weighted by atomic mass is 32.2. The molecule has 0 saturated carbocycles. The van der Waals surface area contributed by atoms with Gasteiger partial charge in [-0.05, 0) is 47.9 Å². The summed E-state index contributed by atoms with van der Waals surface area (Å²) in [5.41, 5.74) is 3.90. The molecule has 1 saturated heterocycles. The predicted octanol–water partition coefficient (Wildman–Crippen LogP) is 4.26. The molecule has 0 aliphatic carbocycles. The molecule has 1 aromatic heterocycles. The maximum Gasteiger partial charge on any atom is 0.258 e. The van der Waals surface area contributed by atoms with Gasteiger partial charge in [-0.15, -0.1) is 11.8 Å². The number of benzene rings is 2. The molecule has 29 heavy (non-hydrogen) atoms. The van der Waals surface area contributed by atoms with Gasteiger partial charge in [0.15, 0.2) is 0 Å². The van der Waals surface area contributed by atoms with Gasteiger partial charge < -0.3 is 14.2 Å². The molecule has 5 rings (SSSR count). The zero-order valence-electron chi connectivity index (χ0n) is 15.8. The van der Waals surface area contributed by atoms with Crippen LogP contribution in [-0.2, 0) is 17.8 Å². The molecule has 1 unspecified atom stereocenters. The van der Waals surface area contributed by atoms with Gasteiger partial charge in [0.05, 0.1) is 18.6 Å². The Labute approximate surface area is 173 Å². The van der Waals surface area contributed by atoms with Crippen LogP contribution in [0.2, 0.25) is 0 Å². The molecule has 6 heteroatoms. The van der Waals surface area contributed by atoms with Crippen molar-refractivity contribution in [3.05, 3.63) is 89.4 Å². The van der Waals surface area contributed by atoms with E-state index in [0.717, 1.165) is 23.4 Å². The van der Waals surface area contributed by atoms with Crippen LogP contribution in [0.3, 0.4) is 0 Å². The minimum absolute atomic E-state index is 0.0177. The van der Waals surface area contributed by atoms with Crippen molar-refractivity contribution in [3.63, 3.8) is 0 Å². The predicted molar refractivity (Wildman–Crippen MR) is 113 cm³/mol. The topological polar surface area (TPSA) is 53.8 Å². The number of carbonyl (C=O) groups is 2. The average molecular weight is 404 g/mol. The van der Waals surface area contributed by atoms with Crippen molar-refractivity contribution >= 4 is 29.3 Å². The van der Waals surface area contributed by atoms with E-state index in [-0.39, 0.29) is 17.2 Å². The third-order valence-electron chi connectivity index (χ3n) is 5.45. The van der Waals surface area contributed by atoms with Crippen LogP contribution in [0.25, 0.3) is 0 Å². The molecule has 1 fully saturated rings. The number of carbonyl (C=O) groups excluding carboxylic acids is 2. The number of furan rings is 1. The van der Waals surface area contributed by atoms with Crippen molar-refractivity contribution in [1.82, 2.24) is 4.90 Å². The molecule has 1 atom stereocenters.